The molecule has 2 N–H and O–H groups in total. The van der Waals surface area contributed by atoms with Gasteiger partial charge in [-0.2, -0.15) is 0 Å². The minimum Gasteiger partial charge on any atom is -0.478 e. The number of carbonyl (C=O) groups is 3. The molecule has 0 aromatic heterocycles. The van der Waals surface area contributed by atoms with Gasteiger partial charge in [-0.05, 0) is 61.1 Å². The molecule has 1 aliphatic heterocycles. The van der Waals surface area contributed by atoms with Crippen LogP contribution in [-0.4, -0.2) is 22.9 Å². The van der Waals surface area contributed by atoms with Gasteiger partial charge < -0.3 is 10.4 Å². The zero-order chi connectivity index (χ0) is 18.3. The van der Waals surface area contributed by atoms with E-state index in [0.29, 0.717) is 17.1 Å². The van der Waals surface area contributed by atoms with Crippen molar-refractivity contribution in [3.63, 3.8) is 0 Å². The van der Waals surface area contributed by atoms with E-state index < -0.39 is 5.97 Å². The van der Waals surface area contributed by atoms with Crippen LogP contribution in [0.25, 0.3) is 0 Å². The van der Waals surface area contributed by atoms with Crippen LogP contribution in [-0.2, 0) is 22.4 Å². The zero-order valence-corrected chi connectivity index (χ0v) is 14.1. The summed E-state index contributed by atoms with van der Waals surface area (Å²) in [6, 6.07) is 10.1. The first-order valence-electron chi connectivity index (χ1n) is 8.65. The van der Waals surface area contributed by atoms with Crippen LogP contribution in [0.3, 0.4) is 0 Å². The highest BCUT2D eigenvalue weighted by Gasteiger charge is 2.30. The van der Waals surface area contributed by atoms with Crippen LogP contribution in [0.1, 0.15) is 40.7 Å². The average Bonchev–Trinajstić information content (AvgIpc) is 2.76. The molecular weight excluding hydrogens is 332 g/mol. The fourth-order valence-electron chi connectivity index (χ4n) is 3.74. The first-order chi connectivity index (χ1) is 12.5. The number of hydrogen-bond donors (Lipinski definition) is 2. The lowest BCUT2D eigenvalue weighted by atomic mass is 9.89. The molecule has 1 heterocycles. The molecule has 1 aliphatic carbocycles. The molecule has 132 valence electrons. The van der Waals surface area contributed by atoms with Gasteiger partial charge in [0.1, 0.15) is 6.42 Å². The van der Waals surface area contributed by atoms with Gasteiger partial charge in [-0.15, -0.1) is 0 Å². The quantitative estimate of drug-likeness (QED) is 0.814. The molecule has 2 aliphatic rings. The van der Waals surface area contributed by atoms with Crippen molar-refractivity contribution in [2.75, 3.05) is 10.2 Å². The van der Waals surface area contributed by atoms with Gasteiger partial charge in [-0.1, -0.05) is 12.1 Å². The van der Waals surface area contributed by atoms with Crippen LogP contribution in [0.4, 0.5) is 17.1 Å². The zero-order valence-electron chi connectivity index (χ0n) is 14.1. The Balaban J connectivity index is 1.90. The number of nitrogens with one attached hydrogen (secondary N) is 1. The molecule has 0 saturated carbocycles. The molecule has 0 bridgehead atoms. The van der Waals surface area contributed by atoms with Crippen molar-refractivity contribution in [3.05, 3.63) is 53.1 Å². The van der Waals surface area contributed by atoms with Crippen molar-refractivity contribution < 1.29 is 19.5 Å². The predicted molar refractivity (Wildman–Crippen MR) is 96.9 cm³/mol. The number of nitrogens with zero attached hydrogens (tertiary/aromatic N) is 1. The van der Waals surface area contributed by atoms with E-state index in [1.54, 1.807) is 12.1 Å². The van der Waals surface area contributed by atoms with E-state index in [2.05, 4.69) is 5.32 Å². The van der Waals surface area contributed by atoms with Crippen LogP contribution in [0.15, 0.2) is 36.4 Å². The monoisotopic (exact) mass is 350 g/mol. The Morgan fingerprint density at radius 2 is 1.88 bits per heavy atom. The normalized spacial score (nSPS) is 16.4. The number of carbonyl (C=O) groups excluding carboxylic acids is 2. The summed E-state index contributed by atoms with van der Waals surface area (Å²) in [4.78, 5) is 37.8. The number of anilines is 3. The fourth-order valence-corrected chi connectivity index (χ4v) is 3.74. The van der Waals surface area contributed by atoms with Gasteiger partial charge in [0.2, 0.25) is 11.8 Å². The number of aryl methyl sites for hydroxylation is 1. The lowest BCUT2D eigenvalue weighted by molar-refractivity contribution is -0.124. The van der Waals surface area contributed by atoms with Crippen molar-refractivity contribution in [1.29, 1.82) is 0 Å². The summed E-state index contributed by atoms with van der Waals surface area (Å²) < 4.78 is 0. The Bertz CT molecular complexity index is 935. The minimum atomic E-state index is -1.06. The maximum Gasteiger partial charge on any atom is 0.335 e. The maximum absolute atomic E-state index is 12.8. The van der Waals surface area contributed by atoms with E-state index in [1.807, 2.05) is 12.1 Å². The Kier molecular flexibility index (Phi) is 3.95. The van der Waals surface area contributed by atoms with E-state index in [0.717, 1.165) is 31.2 Å². The molecule has 0 unspecified atom stereocenters. The van der Waals surface area contributed by atoms with Crippen LogP contribution in [0, 0.1) is 0 Å². The summed E-state index contributed by atoms with van der Waals surface area (Å²) in [5.41, 5.74) is 4.10. The molecule has 0 radical (unpaired) electrons. The van der Waals surface area contributed by atoms with Crippen molar-refractivity contribution in [2.24, 2.45) is 0 Å². The number of fused-ring (bicyclic) bond motifs is 3. The largest absolute Gasteiger partial charge is 0.478 e. The van der Waals surface area contributed by atoms with Crippen molar-refractivity contribution in [3.8, 4) is 0 Å². The predicted octanol–water partition coefficient (Wildman–Crippen LogP) is 3.27. The Labute approximate surface area is 150 Å². The third-order valence-corrected chi connectivity index (χ3v) is 4.93. The summed E-state index contributed by atoms with van der Waals surface area (Å²) >= 11 is 0. The highest BCUT2D eigenvalue weighted by atomic mass is 16.4. The standard InChI is InChI=1S/C20H18N2O4/c23-17-11-18(24)22(14-6-3-5-13(10-14)20(25)26)16-9-8-12-4-1-2-7-15(12)19(16)21-17/h3,5-6,8-10H,1-2,4,7,11H2,(H,21,23)(H,25,26). The lowest BCUT2D eigenvalue weighted by Crippen LogP contribution is -2.26. The summed E-state index contributed by atoms with van der Waals surface area (Å²) in [5.74, 6) is -1.78. The van der Waals surface area contributed by atoms with Crippen LogP contribution >= 0.6 is 0 Å². The van der Waals surface area contributed by atoms with E-state index in [4.69, 9.17) is 0 Å². The smallest absolute Gasteiger partial charge is 0.335 e. The molecule has 2 aromatic rings. The van der Waals surface area contributed by atoms with Crippen molar-refractivity contribution >= 4 is 34.8 Å². The number of carboxylic acids is 1. The molecule has 0 spiro atoms. The second kappa shape index (κ2) is 6.29. The second-order valence-corrected chi connectivity index (χ2v) is 6.61. The topological polar surface area (TPSA) is 86.7 Å². The third kappa shape index (κ3) is 2.73. The molecule has 6 nitrogen and oxygen atoms in total. The number of benzene rings is 2. The molecule has 0 fully saturated rings. The van der Waals surface area contributed by atoms with Gasteiger partial charge in [-0.3, -0.25) is 14.5 Å². The molecule has 26 heavy (non-hydrogen) atoms. The molecule has 0 saturated heterocycles. The molecular formula is C20H18N2O4. The number of aromatic carboxylic acids is 1. The molecule has 4 rings (SSSR count). The van der Waals surface area contributed by atoms with Crippen LogP contribution in [0.5, 0.6) is 0 Å². The van der Waals surface area contributed by atoms with Gasteiger partial charge in [-0.25, -0.2) is 4.79 Å². The van der Waals surface area contributed by atoms with E-state index >= 15 is 0 Å². The Morgan fingerprint density at radius 1 is 1.08 bits per heavy atom. The number of rotatable bonds is 2. The van der Waals surface area contributed by atoms with Gasteiger partial charge in [0.05, 0.1) is 16.9 Å². The Hall–Kier alpha value is -3.15. The van der Waals surface area contributed by atoms with Crippen LogP contribution in [0.2, 0.25) is 0 Å². The van der Waals surface area contributed by atoms with E-state index in [9.17, 15) is 19.5 Å². The second-order valence-electron chi connectivity index (χ2n) is 6.61. The van der Waals surface area contributed by atoms with E-state index in [1.165, 1.54) is 22.6 Å². The van der Waals surface area contributed by atoms with Gasteiger partial charge in [0.25, 0.3) is 0 Å². The summed E-state index contributed by atoms with van der Waals surface area (Å²) in [5, 5.41) is 12.2. The first-order valence-corrected chi connectivity index (χ1v) is 8.65. The molecule has 0 atom stereocenters. The summed E-state index contributed by atoms with van der Waals surface area (Å²) in [6.45, 7) is 0. The maximum atomic E-state index is 12.8. The highest BCUT2D eigenvalue weighted by Crippen LogP contribution is 2.41. The lowest BCUT2D eigenvalue weighted by Gasteiger charge is -2.26. The van der Waals surface area contributed by atoms with Crippen molar-refractivity contribution in [1.82, 2.24) is 0 Å². The van der Waals surface area contributed by atoms with E-state index in [-0.39, 0.29) is 23.8 Å². The third-order valence-electron chi connectivity index (χ3n) is 4.93. The van der Waals surface area contributed by atoms with Crippen molar-refractivity contribution in [2.45, 2.75) is 32.1 Å². The number of amides is 2. The number of carboxylic acid groups (broad SMARTS) is 1. The minimum absolute atomic E-state index is 0.0957. The Morgan fingerprint density at radius 3 is 2.69 bits per heavy atom. The highest BCUT2D eigenvalue weighted by molar-refractivity contribution is 6.18. The average molecular weight is 350 g/mol. The SMILES string of the molecule is O=C1CC(=O)N(c2cccc(C(=O)O)c2)c2ccc3c(c2N1)CCCC3. The van der Waals surface area contributed by atoms with Gasteiger partial charge in [0, 0.05) is 5.69 Å². The molecule has 2 amide bonds. The molecule has 6 heteroatoms. The first kappa shape index (κ1) is 16.3. The molecule has 2 aromatic carbocycles. The summed E-state index contributed by atoms with van der Waals surface area (Å²) in [7, 11) is 0. The number of hydrogen-bond acceptors (Lipinski definition) is 3. The van der Waals surface area contributed by atoms with Gasteiger partial charge >= 0.3 is 5.97 Å². The summed E-state index contributed by atoms with van der Waals surface area (Å²) in [6.07, 6.45) is 3.70. The van der Waals surface area contributed by atoms with Gasteiger partial charge in [0.15, 0.2) is 0 Å². The van der Waals surface area contributed by atoms with Crippen LogP contribution < -0.4 is 10.2 Å². The fraction of sp³-hybridized carbons (Fsp3) is 0.250.